The Bertz CT molecular complexity index is 394. The summed E-state index contributed by atoms with van der Waals surface area (Å²) in [5.74, 6) is 3.88. The Morgan fingerprint density at radius 2 is 2.21 bits per heavy atom. The Morgan fingerprint density at radius 3 is 2.89 bits per heavy atom. The highest BCUT2D eigenvalue weighted by molar-refractivity contribution is 7.99. The summed E-state index contributed by atoms with van der Waals surface area (Å²) in [6.07, 6.45) is 2.60. The number of benzene rings is 1. The molecule has 19 heavy (non-hydrogen) atoms. The third kappa shape index (κ3) is 4.62. The van der Waals surface area contributed by atoms with E-state index in [1.807, 2.05) is 23.9 Å². The van der Waals surface area contributed by atoms with Gasteiger partial charge in [0.05, 0.1) is 13.7 Å². The lowest BCUT2D eigenvalue weighted by Crippen LogP contribution is -2.16. The van der Waals surface area contributed by atoms with Gasteiger partial charge >= 0.3 is 0 Å². The highest BCUT2D eigenvalue weighted by atomic mass is 32.2. The minimum absolute atomic E-state index is 0.703. The molecule has 1 N–H and O–H groups in total. The molecule has 1 saturated carbocycles. The summed E-state index contributed by atoms with van der Waals surface area (Å²) in [7, 11) is 1.70. The fourth-order valence-corrected chi connectivity index (χ4v) is 2.40. The lowest BCUT2D eigenvalue weighted by molar-refractivity contribution is 0.309. The topological polar surface area (TPSA) is 30.5 Å². The van der Waals surface area contributed by atoms with Crippen LogP contribution >= 0.6 is 11.8 Å². The van der Waals surface area contributed by atoms with Crippen LogP contribution in [0.4, 0.5) is 0 Å². The number of para-hydroxylation sites is 1. The molecule has 1 aliphatic rings. The Labute approximate surface area is 120 Å². The SMILES string of the molecule is CCSCCOc1c(CNC2CC2)cccc1OC. The molecular formula is C15H23NO2S. The van der Waals surface area contributed by atoms with Crippen molar-refractivity contribution in [2.24, 2.45) is 0 Å². The van der Waals surface area contributed by atoms with E-state index in [1.54, 1.807) is 7.11 Å². The molecular weight excluding hydrogens is 258 g/mol. The molecule has 0 heterocycles. The molecule has 0 unspecified atom stereocenters. The van der Waals surface area contributed by atoms with Gasteiger partial charge in [0.2, 0.25) is 0 Å². The van der Waals surface area contributed by atoms with Crippen molar-refractivity contribution in [2.45, 2.75) is 32.4 Å². The first kappa shape index (κ1) is 14.5. The molecule has 4 heteroatoms. The maximum Gasteiger partial charge on any atom is 0.165 e. The van der Waals surface area contributed by atoms with Gasteiger partial charge in [-0.25, -0.2) is 0 Å². The molecule has 1 aromatic carbocycles. The molecule has 0 atom stereocenters. The van der Waals surface area contributed by atoms with Crippen molar-refractivity contribution in [1.29, 1.82) is 0 Å². The number of ether oxygens (including phenoxy) is 2. The molecule has 0 aromatic heterocycles. The summed E-state index contributed by atoms with van der Waals surface area (Å²) in [4.78, 5) is 0. The Balaban J connectivity index is 1.97. The molecule has 0 saturated heterocycles. The Hall–Kier alpha value is -0.870. The summed E-state index contributed by atoms with van der Waals surface area (Å²) in [6.45, 7) is 3.76. The lowest BCUT2D eigenvalue weighted by atomic mass is 10.2. The van der Waals surface area contributed by atoms with Gasteiger partial charge in [0, 0.05) is 23.9 Å². The largest absolute Gasteiger partial charge is 0.493 e. The molecule has 0 radical (unpaired) electrons. The summed E-state index contributed by atoms with van der Waals surface area (Å²) in [6, 6.07) is 6.80. The highest BCUT2D eigenvalue weighted by Gasteiger charge is 2.21. The Morgan fingerprint density at radius 1 is 1.37 bits per heavy atom. The van der Waals surface area contributed by atoms with Gasteiger partial charge in [-0.2, -0.15) is 11.8 Å². The van der Waals surface area contributed by atoms with Crippen LogP contribution in [0.15, 0.2) is 18.2 Å². The summed E-state index contributed by atoms with van der Waals surface area (Å²) in [5.41, 5.74) is 1.19. The van der Waals surface area contributed by atoms with Crippen LogP contribution in [-0.2, 0) is 6.54 Å². The quantitative estimate of drug-likeness (QED) is 0.705. The average molecular weight is 281 g/mol. The van der Waals surface area contributed by atoms with Crippen LogP contribution in [0.1, 0.15) is 25.3 Å². The first-order valence-corrected chi connectivity index (χ1v) is 8.10. The number of hydrogen-bond acceptors (Lipinski definition) is 4. The van der Waals surface area contributed by atoms with Crippen molar-refractivity contribution in [2.75, 3.05) is 25.2 Å². The maximum atomic E-state index is 5.93. The predicted octanol–water partition coefficient (Wildman–Crippen LogP) is 3.08. The van der Waals surface area contributed by atoms with Gasteiger partial charge < -0.3 is 14.8 Å². The van der Waals surface area contributed by atoms with Crippen LogP contribution in [0.2, 0.25) is 0 Å². The third-order valence-electron chi connectivity index (χ3n) is 3.12. The predicted molar refractivity (Wildman–Crippen MR) is 81.3 cm³/mol. The van der Waals surface area contributed by atoms with Crippen molar-refractivity contribution < 1.29 is 9.47 Å². The molecule has 0 bridgehead atoms. The molecule has 2 rings (SSSR count). The van der Waals surface area contributed by atoms with Crippen LogP contribution in [0.25, 0.3) is 0 Å². The zero-order chi connectivity index (χ0) is 13.5. The number of methoxy groups -OCH3 is 1. The van der Waals surface area contributed by atoms with Gasteiger partial charge in [-0.1, -0.05) is 19.1 Å². The van der Waals surface area contributed by atoms with Gasteiger partial charge in [-0.05, 0) is 24.7 Å². The second-order valence-corrected chi connectivity index (χ2v) is 6.04. The molecule has 1 aromatic rings. The van der Waals surface area contributed by atoms with Crippen LogP contribution in [-0.4, -0.2) is 31.3 Å². The van der Waals surface area contributed by atoms with Crippen LogP contribution < -0.4 is 14.8 Å². The molecule has 1 fully saturated rings. The normalized spacial score (nSPS) is 14.4. The van der Waals surface area contributed by atoms with E-state index in [-0.39, 0.29) is 0 Å². The van der Waals surface area contributed by atoms with Crippen molar-refractivity contribution in [1.82, 2.24) is 5.32 Å². The molecule has 106 valence electrons. The van der Waals surface area contributed by atoms with Crippen molar-refractivity contribution >= 4 is 11.8 Å². The molecule has 0 spiro atoms. The van der Waals surface area contributed by atoms with Crippen LogP contribution in [0.3, 0.4) is 0 Å². The fraction of sp³-hybridized carbons (Fsp3) is 0.600. The van der Waals surface area contributed by atoms with E-state index in [2.05, 4.69) is 18.3 Å². The zero-order valence-corrected chi connectivity index (χ0v) is 12.6. The first-order chi connectivity index (χ1) is 9.35. The number of thioether (sulfide) groups is 1. The minimum atomic E-state index is 0.703. The second-order valence-electron chi connectivity index (χ2n) is 4.65. The monoisotopic (exact) mass is 281 g/mol. The number of hydrogen-bond donors (Lipinski definition) is 1. The third-order valence-corrected chi connectivity index (χ3v) is 3.98. The van der Waals surface area contributed by atoms with Gasteiger partial charge in [-0.3, -0.25) is 0 Å². The highest BCUT2D eigenvalue weighted by Crippen LogP contribution is 2.32. The first-order valence-electron chi connectivity index (χ1n) is 6.95. The summed E-state index contributed by atoms with van der Waals surface area (Å²) >= 11 is 1.89. The van der Waals surface area contributed by atoms with Gasteiger partial charge in [0.1, 0.15) is 0 Å². The van der Waals surface area contributed by atoms with Crippen LogP contribution in [0, 0.1) is 0 Å². The summed E-state index contributed by atoms with van der Waals surface area (Å²) < 4.78 is 11.3. The van der Waals surface area contributed by atoms with E-state index in [1.165, 1.54) is 18.4 Å². The van der Waals surface area contributed by atoms with Crippen molar-refractivity contribution in [3.63, 3.8) is 0 Å². The zero-order valence-electron chi connectivity index (χ0n) is 11.8. The number of rotatable bonds is 9. The average Bonchev–Trinajstić information content (AvgIpc) is 3.26. The molecule has 3 nitrogen and oxygen atoms in total. The van der Waals surface area contributed by atoms with Crippen molar-refractivity contribution in [3.05, 3.63) is 23.8 Å². The van der Waals surface area contributed by atoms with Gasteiger partial charge in [0.15, 0.2) is 11.5 Å². The van der Waals surface area contributed by atoms with E-state index in [4.69, 9.17) is 9.47 Å². The molecule has 1 aliphatic carbocycles. The smallest absolute Gasteiger partial charge is 0.165 e. The summed E-state index contributed by atoms with van der Waals surface area (Å²) in [5, 5.41) is 3.53. The number of nitrogens with one attached hydrogen (secondary N) is 1. The van der Waals surface area contributed by atoms with Crippen molar-refractivity contribution in [3.8, 4) is 11.5 Å². The lowest BCUT2D eigenvalue weighted by Gasteiger charge is -2.15. The maximum absolute atomic E-state index is 5.93. The Kier molecular flexibility index (Phi) is 5.86. The second kappa shape index (κ2) is 7.65. The van der Waals surface area contributed by atoms with E-state index in [9.17, 15) is 0 Å². The minimum Gasteiger partial charge on any atom is -0.493 e. The van der Waals surface area contributed by atoms with E-state index >= 15 is 0 Å². The standard InChI is InChI=1S/C15H23NO2S/c1-3-19-10-9-18-15-12(11-16-13-7-8-13)5-4-6-14(15)17-2/h4-6,13,16H,3,7-11H2,1-2H3. The molecule has 0 aliphatic heterocycles. The van der Waals surface area contributed by atoms with Crippen LogP contribution in [0.5, 0.6) is 11.5 Å². The fourth-order valence-electron chi connectivity index (χ4n) is 1.91. The van der Waals surface area contributed by atoms with E-state index < -0.39 is 0 Å². The van der Waals surface area contributed by atoms with Gasteiger partial charge in [0.25, 0.3) is 0 Å². The van der Waals surface area contributed by atoms with E-state index in [0.29, 0.717) is 6.04 Å². The van der Waals surface area contributed by atoms with E-state index in [0.717, 1.165) is 36.2 Å². The molecule has 0 amide bonds. The van der Waals surface area contributed by atoms with Gasteiger partial charge in [-0.15, -0.1) is 0 Å².